The molecule has 1 amide bonds. The van der Waals surface area contributed by atoms with Crippen LogP contribution in [0.15, 0.2) is 24.3 Å². The Hall–Kier alpha value is -1.35. The SMILES string of the molecule is Cc1ccc(C(C)(C)CC(=O)NCC(N)C2CC2)cc1. The first-order valence-corrected chi connectivity index (χ1v) is 7.48. The highest BCUT2D eigenvalue weighted by Gasteiger charge is 2.29. The molecule has 1 aliphatic carbocycles. The number of hydrogen-bond donors (Lipinski definition) is 2. The third-order valence-corrected chi connectivity index (χ3v) is 4.20. The van der Waals surface area contributed by atoms with E-state index in [1.54, 1.807) is 0 Å². The van der Waals surface area contributed by atoms with Crippen LogP contribution in [0.3, 0.4) is 0 Å². The molecule has 0 heterocycles. The fourth-order valence-corrected chi connectivity index (χ4v) is 2.49. The topological polar surface area (TPSA) is 55.1 Å². The number of hydrogen-bond acceptors (Lipinski definition) is 2. The number of nitrogens with one attached hydrogen (secondary N) is 1. The van der Waals surface area contributed by atoms with Gasteiger partial charge in [-0.2, -0.15) is 0 Å². The minimum absolute atomic E-state index is 0.0895. The summed E-state index contributed by atoms with van der Waals surface area (Å²) < 4.78 is 0. The van der Waals surface area contributed by atoms with E-state index in [0.717, 1.165) is 0 Å². The lowest BCUT2D eigenvalue weighted by atomic mass is 9.81. The monoisotopic (exact) mass is 274 g/mol. The molecule has 0 radical (unpaired) electrons. The van der Waals surface area contributed by atoms with Gasteiger partial charge >= 0.3 is 0 Å². The molecule has 1 aliphatic rings. The van der Waals surface area contributed by atoms with Crippen LogP contribution >= 0.6 is 0 Å². The third kappa shape index (κ3) is 4.07. The molecule has 0 spiro atoms. The highest BCUT2D eigenvalue weighted by molar-refractivity contribution is 5.77. The van der Waals surface area contributed by atoms with E-state index in [1.165, 1.54) is 24.0 Å². The lowest BCUT2D eigenvalue weighted by Crippen LogP contribution is -2.40. The quantitative estimate of drug-likeness (QED) is 0.837. The highest BCUT2D eigenvalue weighted by Crippen LogP contribution is 2.31. The van der Waals surface area contributed by atoms with Crippen molar-refractivity contribution in [1.82, 2.24) is 5.32 Å². The summed E-state index contributed by atoms with van der Waals surface area (Å²) in [7, 11) is 0. The van der Waals surface area contributed by atoms with Crippen molar-refractivity contribution < 1.29 is 4.79 Å². The van der Waals surface area contributed by atoms with Gasteiger partial charge in [0.1, 0.15) is 0 Å². The van der Waals surface area contributed by atoms with Gasteiger partial charge in [-0.05, 0) is 36.7 Å². The van der Waals surface area contributed by atoms with Gasteiger partial charge in [0.15, 0.2) is 0 Å². The van der Waals surface area contributed by atoms with Gasteiger partial charge in [0, 0.05) is 19.0 Å². The first-order chi connectivity index (χ1) is 9.38. The smallest absolute Gasteiger partial charge is 0.220 e. The molecule has 1 aromatic rings. The average Bonchev–Trinajstić information content (AvgIpc) is 3.20. The second kappa shape index (κ2) is 5.96. The second-order valence-electron chi connectivity index (χ2n) is 6.73. The summed E-state index contributed by atoms with van der Waals surface area (Å²) in [4.78, 5) is 12.1. The van der Waals surface area contributed by atoms with Crippen LogP contribution in [0.25, 0.3) is 0 Å². The molecule has 1 atom stereocenters. The third-order valence-electron chi connectivity index (χ3n) is 4.20. The molecule has 0 saturated heterocycles. The predicted molar refractivity (Wildman–Crippen MR) is 82.5 cm³/mol. The molecule has 3 heteroatoms. The van der Waals surface area contributed by atoms with Gasteiger partial charge in [-0.3, -0.25) is 4.79 Å². The van der Waals surface area contributed by atoms with E-state index < -0.39 is 0 Å². The number of carbonyl (C=O) groups excluding carboxylic acids is 1. The number of amides is 1. The zero-order valence-corrected chi connectivity index (χ0v) is 12.8. The van der Waals surface area contributed by atoms with Crippen molar-refractivity contribution in [3.05, 3.63) is 35.4 Å². The van der Waals surface area contributed by atoms with Crippen LogP contribution in [-0.4, -0.2) is 18.5 Å². The molecule has 1 unspecified atom stereocenters. The Morgan fingerprint density at radius 3 is 2.50 bits per heavy atom. The molecule has 1 saturated carbocycles. The number of carbonyl (C=O) groups is 1. The van der Waals surface area contributed by atoms with Gasteiger partial charge < -0.3 is 11.1 Å². The van der Waals surface area contributed by atoms with Gasteiger partial charge in [-0.1, -0.05) is 43.7 Å². The normalized spacial score (nSPS) is 16.8. The van der Waals surface area contributed by atoms with Crippen molar-refractivity contribution in [2.75, 3.05) is 6.54 Å². The van der Waals surface area contributed by atoms with E-state index in [9.17, 15) is 4.79 Å². The zero-order chi connectivity index (χ0) is 14.8. The second-order valence-corrected chi connectivity index (χ2v) is 6.73. The molecular formula is C17H26N2O. The van der Waals surface area contributed by atoms with Crippen LogP contribution in [0.5, 0.6) is 0 Å². The first-order valence-electron chi connectivity index (χ1n) is 7.48. The van der Waals surface area contributed by atoms with Crippen molar-refractivity contribution in [2.45, 2.75) is 51.5 Å². The maximum atomic E-state index is 12.1. The summed E-state index contributed by atoms with van der Waals surface area (Å²) >= 11 is 0. The van der Waals surface area contributed by atoms with Crippen molar-refractivity contribution >= 4 is 5.91 Å². The molecule has 0 bridgehead atoms. The molecule has 20 heavy (non-hydrogen) atoms. The average molecular weight is 274 g/mol. The van der Waals surface area contributed by atoms with Crippen LogP contribution < -0.4 is 11.1 Å². The number of rotatable bonds is 6. The van der Waals surface area contributed by atoms with E-state index in [4.69, 9.17) is 5.73 Å². The summed E-state index contributed by atoms with van der Waals surface area (Å²) in [5.74, 6) is 0.715. The van der Waals surface area contributed by atoms with Gasteiger partial charge in [-0.25, -0.2) is 0 Å². The Kier molecular flexibility index (Phi) is 4.48. The molecular weight excluding hydrogens is 248 g/mol. The number of aryl methyl sites for hydroxylation is 1. The predicted octanol–water partition coefficient (Wildman–Crippen LogP) is 2.52. The van der Waals surface area contributed by atoms with Crippen LogP contribution in [0.4, 0.5) is 0 Å². The van der Waals surface area contributed by atoms with E-state index in [-0.39, 0.29) is 17.4 Å². The fourth-order valence-electron chi connectivity index (χ4n) is 2.49. The summed E-state index contributed by atoms with van der Waals surface area (Å²) in [6, 6.07) is 8.54. The summed E-state index contributed by atoms with van der Waals surface area (Å²) in [5, 5.41) is 2.98. The maximum absolute atomic E-state index is 12.1. The Bertz CT molecular complexity index is 460. The Balaban J connectivity index is 1.86. The minimum atomic E-state index is -0.151. The number of nitrogens with two attached hydrogens (primary N) is 1. The maximum Gasteiger partial charge on any atom is 0.220 e. The van der Waals surface area contributed by atoms with Crippen molar-refractivity contribution in [2.24, 2.45) is 11.7 Å². The largest absolute Gasteiger partial charge is 0.355 e. The molecule has 1 aromatic carbocycles. The van der Waals surface area contributed by atoms with Crippen LogP contribution in [0.2, 0.25) is 0 Å². The molecule has 0 aliphatic heterocycles. The van der Waals surface area contributed by atoms with Crippen molar-refractivity contribution in [3.8, 4) is 0 Å². The zero-order valence-electron chi connectivity index (χ0n) is 12.8. The van der Waals surface area contributed by atoms with Crippen molar-refractivity contribution in [1.29, 1.82) is 0 Å². The van der Waals surface area contributed by atoms with Crippen LogP contribution in [0.1, 0.15) is 44.2 Å². The van der Waals surface area contributed by atoms with E-state index in [0.29, 0.717) is 18.9 Å². The van der Waals surface area contributed by atoms with Crippen LogP contribution in [0, 0.1) is 12.8 Å². The highest BCUT2D eigenvalue weighted by atomic mass is 16.1. The molecule has 3 nitrogen and oxygen atoms in total. The van der Waals surface area contributed by atoms with Crippen molar-refractivity contribution in [3.63, 3.8) is 0 Å². The summed E-state index contributed by atoms with van der Waals surface area (Å²) in [6.07, 6.45) is 2.92. The van der Waals surface area contributed by atoms with Gasteiger partial charge in [0.2, 0.25) is 5.91 Å². The Morgan fingerprint density at radius 2 is 1.95 bits per heavy atom. The summed E-state index contributed by atoms with van der Waals surface area (Å²) in [5.41, 5.74) is 8.29. The Labute approximate surface area is 121 Å². The van der Waals surface area contributed by atoms with Gasteiger partial charge in [0.05, 0.1) is 0 Å². The molecule has 0 aromatic heterocycles. The molecule has 110 valence electrons. The van der Waals surface area contributed by atoms with Gasteiger partial charge in [-0.15, -0.1) is 0 Å². The Morgan fingerprint density at radius 1 is 1.35 bits per heavy atom. The molecule has 2 rings (SSSR count). The molecule has 1 fully saturated rings. The van der Waals surface area contributed by atoms with Crippen LogP contribution in [-0.2, 0) is 10.2 Å². The minimum Gasteiger partial charge on any atom is -0.355 e. The van der Waals surface area contributed by atoms with E-state index in [2.05, 4.69) is 50.4 Å². The molecule has 3 N–H and O–H groups in total. The lowest BCUT2D eigenvalue weighted by molar-refractivity contribution is -0.122. The fraction of sp³-hybridized carbons (Fsp3) is 0.588. The lowest BCUT2D eigenvalue weighted by Gasteiger charge is -2.25. The van der Waals surface area contributed by atoms with E-state index >= 15 is 0 Å². The van der Waals surface area contributed by atoms with E-state index in [1.807, 2.05) is 0 Å². The number of benzene rings is 1. The van der Waals surface area contributed by atoms with Gasteiger partial charge in [0.25, 0.3) is 0 Å². The first kappa shape index (κ1) is 15.0. The standard InChI is InChI=1S/C17H26N2O/c1-12-4-8-14(9-5-12)17(2,3)10-16(20)19-11-15(18)13-6-7-13/h4-5,8-9,13,15H,6-7,10-11,18H2,1-3H3,(H,19,20). The summed E-state index contributed by atoms with van der Waals surface area (Å²) in [6.45, 7) is 6.90.